The molecule has 6 rings (SSSR count). The van der Waals surface area contributed by atoms with E-state index in [2.05, 4.69) is 52.0 Å². The number of piperidine rings is 1. The van der Waals surface area contributed by atoms with E-state index in [-0.39, 0.29) is 0 Å². The Morgan fingerprint density at radius 3 is 2.45 bits per heavy atom. The second-order valence-electron chi connectivity index (χ2n) is 11.1. The molecule has 1 aliphatic rings. The second kappa shape index (κ2) is 12.9. The maximum Gasteiger partial charge on any atom is 0.127 e. The quantitative estimate of drug-likeness (QED) is 0.169. The predicted octanol–water partition coefficient (Wildman–Crippen LogP) is 8.44. The number of likely N-dealkylation sites (tertiary alicyclic amines) is 1. The lowest BCUT2D eigenvalue weighted by molar-refractivity contribution is 0.207. The molecule has 7 heteroatoms. The third-order valence-corrected chi connectivity index (χ3v) is 8.60. The zero-order valence-corrected chi connectivity index (χ0v) is 24.8. The molecule has 42 heavy (non-hydrogen) atoms. The van der Waals surface area contributed by atoms with Crippen LogP contribution in [0.3, 0.4) is 0 Å². The number of ether oxygens (including phenoxy) is 1. The minimum atomic E-state index is 0.501. The molecule has 1 saturated heterocycles. The van der Waals surface area contributed by atoms with Crippen LogP contribution in [0, 0.1) is 11.3 Å². The van der Waals surface area contributed by atoms with Crippen molar-refractivity contribution < 1.29 is 4.74 Å². The molecule has 0 bridgehead atoms. The normalized spacial score (nSPS) is 14.3. The summed E-state index contributed by atoms with van der Waals surface area (Å²) in [5.41, 5.74) is 5.46. The van der Waals surface area contributed by atoms with Gasteiger partial charge in [0.1, 0.15) is 17.3 Å². The van der Waals surface area contributed by atoms with Gasteiger partial charge in [-0.3, -0.25) is 0 Å². The van der Waals surface area contributed by atoms with Crippen LogP contribution in [0.1, 0.15) is 61.2 Å². The van der Waals surface area contributed by atoms with Gasteiger partial charge in [-0.15, -0.1) is 0 Å². The maximum atomic E-state index is 9.23. The Hall–Kier alpha value is -4.05. The largest absolute Gasteiger partial charge is 0.457 e. The number of aryl methyl sites for hydroxylation is 2. The van der Waals surface area contributed by atoms with Gasteiger partial charge in [-0.25, -0.2) is 4.98 Å². The average Bonchev–Trinajstić information content (AvgIpc) is 3.65. The van der Waals surface area contributed by atoms with Crippen LogP contribution in [0.2, 0.25) is 5.02 Å². The Morgan fingerprint density at radius 1 is 1.00 bits per heavy atom. The standard InChI is InChI=1S/C35H36ClN5O/c1-2-35-39-34(24-41(35)29-9-13-31(14-10-29)42-30-11-7-28(36)8-12-30)26-16-19-40(20-17-26)18-4-3-5-27-23-38-33-15-6-25(22-37)21-32(27)33/h6-15,21,23-24,26,38H,2-5,16-20H2,1H3. The number of H-pyrrole nitrogens is 1. The highest BCUT2D eigenvalue weighted by atomic mass is 35.5. The number of fused-ring (bicyclic) bond motifs is 1. The number of nitrogens with one attached hydrogen (secondary N) is 1. The van der Waals surface area contributed by atoms with Gasteiger partial charge < -0.3 is 19.2 Å². The summed E-state index contributed by atoms with van der Waals surface area (Å²) in [6.07, 6.45) is 10.9. The van der Waals surface area contributed by atoms with Gasteiger partial charge in [0, 0.05) is 46.3 Å². The molecule has 0 atom stereocenters. The second-order valence-corrected chi connectivity index (χ2v) is 11.6. The molecular weight excluding hydrogens is 542 g/mol. The molecule has 2 aromatic heterocycles. The number of imidazole rings is 1. The fourth-order valence-corrected chi connectivity index (χ4v) is 6.11. The number of hydrogen-bond acceptors (Lipinski definition) is 4. The SMILES string of the molecule is CCc1nc(C2CCN(CCCCc3c[nH]c4ccc(C#N)cc34)CC2)cn1-c1ccc(Oc2ccc(Cl)cc2)cc1. The predicted molar refractivity (Wildman–Crippen MR) is 169 cm³/mol. The number of aromatic nitrogens is 3. The fourth-order valence-electron chi connectivity index (χ4n) is 5.98. The summed E-state index contributed by atoms with van der Waals surface area (Å²) in [5, 5.41) is 11.1. The van der Waals surface area contributed by atoms with Crippen molar-refractivity contribution in [2.75, 3.05) is 19.6 Å². The lowest BCUT2D eigenvalue weighted by atomic mass is 9.94. The highest BCUT2D eigenvalue weighted by Gasteiger charge is 2.23. The molecule has 5 aromatic rings. The van der Waals surface area contributed by atoms with E-state index in [9.17, 15) is 5.26 Å². The summed E-state index contributed by atoms with van der Waals surface area (Å²) in [6, 6.07) is 23.7. The highest BCUT2D eigenvalue weighted by molar-refractivity contribution is 6.30. The topological polar surface area (TPSA) is 69.9 Å². The van der Waals surface area contributed by atoms with Crippen molar-refractivity contribution >= 4 is 22.5 Å². The van der Waals surface area contributed by atoms with Crippen LogP contribution >= 0.6 is 11.6 Å². The van der Waals surface area contributed by atoms with Crippen molar-refractivity contribution in [3.63, 3.8) is 0 Å². The van der Waals surface area contributed by atoms with Crippen molar-refractivity contribution in [2.45, 2.75) is 51.4 Å². The fraction of sp³-hybridized carbons (Fsp3) is 0.314. The Morgan fingerprint density at radius 2 is 1.74 bits per heavy atom. The minimum Gasteiger partial charge on any atom is -0.457 e. The zero-order chi connectivity index (χ0) is 28.9. The molecule has 0 unspecified atom stereocenters. The highest BCUT2D eigenvalue weighted by Crippen LogP contribution is 2.30. The van der Waals surface area contributed by atoms with E-state index >= 15 is 0 Å². The van der Waals surface area contributed by atoms with E-state index in [1.54, 1.807) is 0 Å². The van der Waals surface area contributed by atoms with Crippen LogP contribution in [0.4, 0.5) is 0 Å². The number of aromatic amines is 1. The van der Waals surface area contributed by atoms with Gasteiger partial charge in [-0.1, -0.05) is 18.5 Å². The van der Waals surface area contributed by atoms with Crippen LogP contribution in [0.25, 0.3) is 16.6 Å². The molecule has 1 aliphatic heterocycles. The van der Waals surface area contributed by atoms with E-state index < -0.39 is 0 Å². The number of nitriles is 1. The number of rotatable bonds is 10. The summed E-state index contributed by atoms with van der Waals surface area (Å²) in [5.74, 6) is 3.15. The third-order valence-electron chi connectivity index (χ3n) is 8.35. The molecule has 6 nitrogen and oxygen atoms in total. The van der Waals surface area contributed by atoms with Crippen molar-refractivity contribution in [2.24, 2.45) is 0 Å². The van der Waals surface area contributed by atoms with Gasteiger partial charge in [0.05, 0.1) is 17.3 Å². The Labute approximate surface area is 252 Å². The van der Waals surface area contributed by atoms with E-state index in [4.69, 9.17) is 21.3 Å². The Kier molecular flexibility index (Phi) is 8.60. The number of hydrogen-bond donors (Lipinski definition) is 1. The van der Waals surface area contributed by atoms with E-state index in [0.717, 1.165) is 85.8 Å². The molecule has 0 radical (unpaired) electrons. The van der Waals surface area contributed by atoms with E-state index in [1.165, 1.54) is 23.1 Å². The molecule has 3 aromatic carbocycles. The van der Waals surface area contributed by atoms with Gasteiger partial charge in [0.15, 0.2) is 0 Å². The molecule has 214 valence electrons. The number of nitrogens with zero attached hydrogens (tertiary/aromatic N) is 4. The van der Waals surface area contributed by atoms with E-state index in [0.29, 0.717) is 10.9 Å². The lowest BCUT2D eigenvalue weighted by Crippen LogP contribution is -2.33. The molecular formula is C35H36ClN5O. The average molecular weight is 578 g/mol. The molecule has 0 spiro atoms. The molecule has 0 saturated carbocycles. The zero-order valence-electron chi connectivity index (χ0n) is 24.0. The summed E-state index contributed by atoms with van der Waals surface area (Å²) < 4.78 is 8.20. The Bertz CT molecular complexity index is 1670. The number of benzene rings is 3. The Balaban J connectivity index is 1.00. The minimum absolute atomic E-state index is 0.501. The van der Waals surface area contributed by atoms with Gasteiger partial charge in [-0.05, 0) is 124 Å². The monoisotopic (exact) mass is 577 g/mol. The van der Waals surface area contributed by atoms with Gasteiger partial charge >= 0.3 is 0 Å². The van der Waals surface area contributed by atoms with Gasteiger partial charge in [-0.2, -0.15) is 5.26 Å². The summed E-state index contributed by atoms with van der Waals surface area (Å²) >= 11 is 5.99. The van der Waals surface area contributed by atoms with E-state index in [1.807, 2.05) is 54.6 Å². The molecule has 0 aliphatic carbocycles. The third kappa shape index (κ3) is 6.38. The van der Waals surface area contributed by atoms with Crippen LogP contribution < -0.4 is 4.74 Å². The van der Waals surface area contributed by atoms with Crippen LogP contribution in [0.15, 0.2) is 79.1 Å². The summed E-state index contributed by atoms with van der Waals surface area (Å²) in [4.78, 5) is 11.0. The number of halogens is 1. The van der Waals surface area contributed by atoms with Gasteiger partial charge in [0.2, 0.25) is 0 Å². The first kappa shape index (κ1) is 28.1. The smallest absolute Gasteiger partial charge is 0.127 e. The summed E-state index contributed by atoms with van der Waals surface area (Å²) in [6.45, 7) is 5.54. The first-order valence-corrected chi connectivity index (χ1v) is 15.3. The molecule has 3 heterocycles. The summed E-state index contributed by atoms with van der Waals surface area (Å²) in [7, 11) is 0. The van der Waals surface area contributed by atoms with Crippen molar-refractivity contribution in [1.82, 2.24) is 19.4 Å². The van der Waals surface area contributed by atoms with Crippen molar-refractivity contribution in [3.8, 4) is 23.3 Å². The first-order chi connectivity index (χ1) is 20.6. The number of unbranched alkanes of at least 4 members (excludes halogenated alkanes) is 1. The van der Waals surface area contributed by atoms with Crippen molar-refractivity contribution in [3.05, 3.63) is 107 Å². The molecule has 0 amide bonds. The van der Waals surface area contributed by atoms with Crippen LogP contribution in [-0.4, -0.2) is 39.1 Å². The maximum absolute atomic E-state index is 9.23. The van der Waals surface area contributed by atoms with Gasteiger partial charge in [0.25, 0.3) is 0 Å². The molecule has 1 fully saturated rings. The molecule has 1 N–H and O–H groups in total. The van der Waals surface area contributed by atoms with Crippen LogP contribution in [0.5, 0.6) is 11.5 Å². The van der Waals surface area contributed by atoms with Crippen LogP contribution in [-0.2, 0) is 12.8 Å². The lowest BCUT2D eigenvalue weighted by Gasteiger charge is -2.31. The van der Waals surface area contributed by atoms with Crippen molar-refractivity contribution in [1.29, 1.82) is 5.26 Å². The first-order valence-electron chi connectivity index (χ1n) is 14.9.